The maximum absolute atomic E-state index is 13.5. The monoisotopic (exact) mass is 508 g/mol. The summed E-state index contributed by atoms with van der Waals surface area (Å²) in [4.78, 5) is 28.6. The zero-order valence-corrected chi connectivity index (χ0v) is 21.5. The van der Waals surface area contributed by atoms with Crippen molar-refractivity contribution in [3.63, 3.8) is 0 Å². The zero-order chi connectivity index (χ0) is 25.8. The molecular weight excluding hydrogens is 476 g/mol. The number of rotatable bonds is 13. The van der Waals surface area contributed by atoms with Crippen LogP contribution in [0, 0.1) is 0 Å². The molecule has 0 saturated carbocycles. The predicted octanol–water partition coefficient (Wildman–Crippen LogP) is 5.42. The summed E-state index contributed by atoms with van der Waals surface area (Å²) in [7, 11) is 0. The molecule has 0 spiro atoms. The van der Waals surface area contributed by atoms with Gasteiger partial charge in [-0.2, -0.15) is 0 Å². The van der Waals surface area contributed by atoms with Gasteiger partial charge in [0.25, 0.3) is 5.91 Å². The Morgan fingerprint density at radius 2 is 1.56 bits per heavy atom. The fourth-order valence-corrected chi connectivity index (χ4v) is 3.79. The Morgan fingerprint density at radius 3 is 2.19 bits per heavy atom. The van der Waals surface area contributed by atoms with Crippen LogP contribution in [0.4, 0.5) is 0 Å². The van der Waals surface area contributed by atoms with E-state index in [-0.39, 0.29) is 31.1 Å². The second-order valence-electron chi connectivity index (χ2n) is 8.63. The quantitative estimate of drug-likeness (QED) is 0.313. The van der Waals surface area contributed by atoms with Crippen LogP contribution in [0.15, 0.2) is 84.9 Å². The first-order chi connectivity index (χ1) is 17.4. The van der Waals surface area contributed by atoms with Gasteiger partial charge in [0.2, 0.25) is 5.91 Å². The van der Waals surface area contributed by atoms with E-state index in [9.17, 15) is 9.59 Å². The van der Waals surface area contributed by atoms with Crippen LogP contribution in [0.1, 0.15) is 37.4 Å². The number of ether oxygens (including phenoxy) is 2. The number of hydrogen-bond donors (Lipinski definition) is 1. The molecule has 190 valence electrons. The highest BCUT2D eigenvalue weighted by molar-refractivity contribution is 6.30. The number of para-hydroxylation sites is 1. The van der Waals surface area contributed by atoms with Gasteiger partial charge in [-0.1, -0.05) is 72.3 Å². The van der Waals surface area contributed by atoms with Crippen molar-refractivity contribution in [1.82, 2.24) is 10.2 Å². The fraction of sp³-hybridized carbons (Fsp3) is 0.310. The van der Waals surface area contributed by atoms with Gasteiger partial charge in [-0.05, 0) is 55.7 Å². The third kappa shape index (κ3) is 8.70. The summed E-state index contributed by atoms with van der Waals surface area (Å²) < 4.78 is 11.3. The smallest absolute Gasteiger partial charge is 0.261 e. The number of halogens is 1. The lowest BCUT2D eigenvalue weighted by atomic mass is 10.0. The van der Waals surface area contributed by atoms with Crippen molar-refractivity contribution in [1.29, 1.82) is 0 Å². The van der Waals surface area contributed by atoms with Crippen molar-refractivity contribution in [2.45, 2.75) is 39.0 Å². The summed E-state index contributed by atoms with van der Waals surface area (Å²) in [5, 5.41) is 3.59. The normalized spacial score (nSPS) is 11.7. The zero-order valence-electron chi connectivity index (χ0n) is 20.7. The van der Waals surface area contributed by atoms with Gasteiger partial charge in [0, 0.05) is 24.7 Å². The van der Waals surface area contributed by atoms with Crippen molar-refractivity contribution in [2.24, 2.45) is 0 Å². The molecule has 1 N–H and O–H groups in total. The molecule has 0 aromatic heterocycles. The lowest BCUT2D eigenvalue weighted by molar-refractivity contribution is -0.143. The summed E-state index contributed by atoms with van der Waals surface area (Å²) in [5.41, 5.74) is 1.57. The molecule has 0 heterocycles. The van der Waals surface area contributed by atoms with E-state index in [1.165, 1.54) is 0 Å². The molecule has 3 aromatic rings. The average molecular weight is 509 g/mol. The van der Waals surface area contributed by atoms with Crippen LogP contribution < -0.4 is 10.1 Å². The van der Waals surface area contributed by atoms with E-state index in [1.54, 1.807) is 29.2 Å². The van der Waals surface area contributed by atoms with Crippen LogP contribution in [-0.4, -0.2) is 42.6 Å². The molecule has 0 aliphatic rings. The number of nitrogens with zero attached hydrogens (tertiary/aromatic N) is 1. The summed E-state index contributed by atoms with van der Waals surface area (Å²) in [6, 6.07) is 24.9. The summed E-state index contributed by atoms with van der Waals surface area (Å²) >= 11 is 6.06. The maximum Gasteiger partial charge on any atom is 0.261 e. The average Bonchev–Trinajstić information content (AvgIpc) is 2.89. The first-order valence-electron chi connectivity index (χ1n) is 12.1. The van der Waals surface area contributed by atoms with Crippen LogP contribution in [0.3, 0.4) is 0 Å². The van der Waals surface area contributed by atoms with Gasteiger partial charge in [0.05, 0.1) is 6.10 Å². The largest absolute Gasteiger partial charge is 0.484 e. The second-order valence-corrected chi connectivity index (χ2v) is 9.06. The number of hydrogen-bond acceptors (Lipinski definition) is 4. The van der Waals surface area contributed by atoms with Crippen LogP contribution in [0.25, 0.3) is 0 Å². The van der Waals surface area contributed by atoms with Crippen molar-refractivity contribution in [3.05, 3.63) is 101 Å². The third-order valence-electron chi connectivity index (χ3n) is 5.44. The Morgan fingerprint density at radius 1 is 0.917 bits per heavy atom. The number of benzene rings is 3. The van der Waals surface area contributed by atoms with Crippen LogP contribution in [-0.2, 0) is 20.9 Å². The van der Waals surface area contributed by atoms with Gasteiger partial charge in [0.15, 0.2) is 6.61 Å². The predicted molar refractivity (Wildman–Crippen MR) is 142 cm³/mol. The standard InChI is InChI=1S/C29H33ClN2O4/c1-22(2)35-19-9-18-31-29(34)28(24-10-5-3-6-11-24)32(20-23-14-16-25(30)17-15-23)27(33)21-36-26-12-7-4-8-13-26/h3-8,10-17,22,28H,9,18-21H2,1-2H3,(H,31,34). The lowest BCUT2D eigenvalue weighted by Gasteiger charge is -2.31. The summed E-state index contributed by atoms with van der Waals surface area (Å²) in [5.74, 6) is 0.0249. The molecule has 3 aromatic carbocycles. The van der Waals surface area contributed by atoms with Crippen molar-refractivity contribution in [2.75, 3.05) is 19.8 Å². The van der Waals surface area contributed by atoms with E-state index in [0.717, 1.165) is 11.1 Å². The minimum absolute atomic E-state index is 0.134. The molecule has 0 fully saturated rings. The summed E-state index contributed by atoms with van der Waals surface area (Å²) in [6.45, 7) is 4.96. The molecule has 0 aliphatic carbocycles. The van der Waals surface area contributed by atoms with Gasteiger partial charge in [-0.3, -0.25) is 9.59 Å². The van der Waals surface area contributed by atoms with E-state index >= 15 is 0 Å². The summed E-state index contributed by atoms with van der Waals surface area (Å²) in [6.07, 6.45) is 0.808. The van der Waals surface area contributed by atoms with E-state index in [1.807, 2.05) is 74.5 Å². The van der Waals surface area contributed by atoms with Crippen LogP contribution >= 0.6 is 11.6 Å². The van der Waals surface area contributed by atoms with E-state index in [2.05, 4.69) is 5.32 Å². The Kier molecular flexibility index (Phi) is 10.8. The SMILES string of the molecule is CC(C)OCCCNC(=O)C(c1ccccc1)N(Cc1ccc(Cl)cc1)C(=O)COc1ccccc1. The minimum atomic E-state index is -0.834. The van der Waals surface area contributed by atoms with Gasteiger partial charge < -0.3 is 19.7 Å². The number of carbonyl (C=O) groups excluding carboxylic acids is 2. The van der Waals surface area contributed by atoms with Crippen molar-refractivity contribution >= 4 is 23.4 Å². The topological polar surface area (TPSA) is 67.9 Å². The molecule has 3 rings (SSSR count). The van der Waals surface area contributed by atoms with Crippen LogP contribution in [0.5, 0.6) is 5.75 Å². The fourth-order valence-electron chi connectivity index (χ4n) is 3.66. The van der Waals surface area contributed by atoms with Crippen LogP contribution in [0.2, 0.25) is 5.02 Å². The van der Waals surface area contributed by atoms with Crippen molar-refractivity contribution < 1.29 is 19.1 Å². The minimum Gasteiger partial charge on any atom is -0.484 e. The second kappa shape index (κ2) is 14.3. The number of nitrogens with one attached hydrogen (secondary N) is 1. The Hall–Kier alpha value is -3.35. The molecule has 36 heavy (non-hydrogen) atoms. The number of amides is 2. The van der Waals surface area contributed by atoms with Gasteiger partial charge in [-0.15, -0.1) is 0 Å². The highest BCUT2D eigenvalue weighted by Gasteiger charge is 2.31. The maximum atomic E-state index is 13.5. The Labute approximate surface area is 218 Å². The molecule has 0 bridgehead atoms. The molecule has 2 amide bonds. The molecule has 0 aliphatic heterocycles. The van der Waals surface area contributed by atoms with Crippen molar-refractivity contribution in [3.8, 4) is 5.75 Å². The van der Waals surface area contributed by atoms with Gasteiger partial charge in [0.1, 0.15) is 11.8 Å². The van der Waals surface area contributed by atoms with Gasteiger partial charge >= 0.3 is 0 Å². The lowest BCUT2D eigenvalue weighted by Crippen LogP contribution is -2.45. The molecule has 6 nitrogen and oxygen atoms in total. The Bertz CT molecular complexity index is 1080. The third-order valence-corrected chi connectivity index (χ3v) is 5.69. The molecule has 1 unspecified atom stereocenters. The Balaban J connectivity index is 1.83. The molecule has 0 saturated heterocycles. The number of carbonyl (C=O) groups is 2. The first kappa shape index (κ1) is 27.2. The van der Waals surface area contributed by atoms with E-state index in [4.69, 9.17) is 21.1 Å². The molecule has 7 heteroatoms. The molecule has 0 radical (unpaired) electrons. The highest BCUT2D eigenvalue weighted by atomic mass is 35.5. The van der Waals surface area contributed by atoms with Gasteiger partial charge in [-0.25, -0.2) is 0 Å². The first-order valence-corrected chi connectivity index (χ1v) is 12.5. The molecule has 1 atom stereocenters. The molecular formula is C29H33ClN2O4. The van der Waals surface area contributed by atoms with E-state index in [0.29, 0.717) is 30.3 Å². The highest BCUT2D eigenvalue weighted by Crippen LogP contribution is 2.25. The van der Waals surface area contributed by atoms with E-state index < -0.39 is 6.04 Å².